The van der Waals surface area contributed by atoms with Crippen LogP contribution in [0.5, 0.6) is 0 Å². The van der Waals surface area contributed by atoms with E-state index in [1.54, 1.807) is 11.3 Å². The number of halogens is 1. The summed E-state index contributed by atoms with van der Waals surface area (Å²) in [5, 5.41) is 18.4. The minimum Gasteiger partial charge on any atom is -0.356 e. The van der Waals surface area contributed by atoms with Gasteiger partial charge in [0, 0.05) is 44.9 Å². The van der Waals surface area contributed by atoms with Crippen molar-refractivity contribution in [2.75, 3.05) is 20.1 Å². The van der Waals surface area contributed by atoms with Gasteiger partial charge < -0.3 is 15.2 Å². The second kappa shape index (κ2) is 9.46. The second-order valence-corrected chi connectivity index (χ2v) is 7.23. The van der Waals surface area contributed by atoms with Gasteiger partial charge in [0.2, 0.25) is 0 Å². The number of guanidine groups is 1. The van der Waals surface area contributed by atoms with E-state index in [1.165, 1.54) is 0 Å². The van der Waals surface area contributed by atoms with Crippen molar-refractivity contribution in [3.05, 3.63) is 27.7 Å². The Morgan fingerprint density at radius 3 is 2.92 bits per heavy atom. The van der Waals surface area contributed by atoms with Gasteiger partial charge in [0.1, 0.15) is 11.6 Å². The summed E-state index contributed by atoms with van der Waals surface area (Å²) in [4.78, 5) is 8.79. The largest absolute Gasteiger partial charge is 0.356 e. The topological polar surface area (TPSA) is 80.0 Å². The van der Waals surface area contributed by atoms with Crippen LogP contribution in [0.3, 0.4) is 0 Å². The first-order valence-corrected chi connectivity index (χ1v) is 9.28. The van der Waals surface area contributed by atoms with Crippen LogP contribution in [0.25, 0.3) is 0 Å². The number of hydrogen-bond donors (Lipinski definition) is 2. The Labute approximate surface area is 169 Å². The fourth-order valence-electron chi connectivity index (χ4n) is 2.99. The molecular formula is C16H26IN7S. The summed E-state index contributed by atoms with van der Waals surface area (Å²) in [7, 11) is 1.81. The van der Waals surface area contributed by atoms with E-state index in [2.05, 4.69) is 40.8 Å². The third-order valence-electron chi connectivity index (χ3n) is 4.35. The smallest absolute Gasteiger partial charge is 0.190 e. The SMILES string of the molecule is CN=C(NCCc1csc(C)n1)NCC1CCc2nnc(C)n2C1.I. The Kier molecular flexibility index (Phi) is 7.60. The molecule has 0 bridgehead atoms. The molecule has 3 rings (SSSR count). The molecule has 138 valence electrons. The zero-order valence-electron chi connectivity index (χ0n) is 14.9. The molecule has 1 unspecified atom stereocenters. The number of aryl methyl sites for hydroxylation is 3. The molecule has 2 N–H and O–H groups in total. The van der Waals surface area contributed by atoms with Crippen molar-refractivity contribution in [1.82, 2.24) is 30.4 Å². The molecular weight excluding hydrogens is 449 g/mol. The molecule has 25 heavy (non-hydrogen) atoms. The third-order valence-corrected chi connectivity index (χ3v) is 5.17. The number of fused-ring (bicyclic) bond motifs is 1. The summed E-state index contributed by atoms with van der Waals surface area (Å²) >= 11 is 1.70. The summed E-state index contributed by atoms with van der Waals surface area (Å²) < 4.78 is 2.23. The number of thiazole rings is 1. The van der Waals surface area contributed by atoms with Crippen LogP contribution in [0.1, 0.15) is 28.8 Å². The molecule has 0 spiro atoms. The molecule has 0 radical (unpaired) electrons. The third kappa shape index (κ3) is 5.37. The number of nitrogens with one attached hydrogen (secondary N) is 2. The van der Waals surface area contributed by atoms with Gasteiger partial charge in [-0.3, -0.25) is 4.99 Å². The van der Waals surface area contributed by atoms with E-state index in [-0.39, 0.29) is 24.0 Å². The lowest BCUT2D eigenvalue weighted by molar-refractivity contribution is 0.358. The highest BCUT2D eigenvalue weighted by Gasteiger charge is 2.21. The van der Waals surface area contributed by atoms with Crippen LogP contribution in [-0.2, 0) is 19.4 Å². The predicted molar refractivity (Wildman–Crippen MR) is 112 cm³/mol. The summed E-state index contributed by atoms with van der Waals surface area (Å²) in [5.41, 5.74) is 1.14. The zero-order valence-corrected chi connectivity index (χ0v) is 18.1. The van der Waals surface area contributed by atoms with Gasteiger partial charge in [0.15, 0.2) is 5.96 Å². The van der Waals surface area contributed by atoms with Gasteiger partial charge in [-0.15, -0.1) is 45.5 Å². The summed E-state index contributed by atoms with van der Waals surface area (Å²) in [6, 6.07) is 0. The van der Waals surface area contributed by atoms with E-state index in [4.69, 9.17) is 0 Å². The van der Waals surface area contributed by atoms with Crippen LogP contribution in [0.2, 0.25) is 0 Å². The summed E-state index contributed by atoms with van der Waals surface area (Å²) in [6.45, 7) is 6.78. The molecule has 9 heteroatoms. The molecule has 0 saturated heterocycles. The molecule has 2 aromatic heterocycles. The van der Waals surface area contributed by atoms with E-state index in [0.29, 0.717) is 5.92 Å². The Hall–Kier alpha value is -1.23. The molecule has 2 aromatic rings. The Balaban J connectivity index is 0.00000225. The maximum absolute atomic E-state index is 4.48. The number of hydrogen-bond acceptors (Lipinski definition) is 5. The van der Waals surface area contributed by atoms with Crippen LogP contribution in [0.15, 0.2) is 10.4 Å². The summed E-state index contributed by atoms with van der Waals surface area (Å²) in [5.74, 6) is 3.56. The highest BCUT2D eigenvalue weighted by atomic mass is 127. The van der Waals surface area contributed by atoms with Crippen molar-refractivity contribution in [2.45, 2.75) is 39.7 Å². The summed E-state index contributed by atoms with van der Waals surface area (Å²) in [6.07, 6.45) is 3.06. The maximum Gasteiger partial charge on any atom is 0.190 e. The average molecular weight is 475 g/mol. The van der Waals surface area contributed by atoms with Gasteiger partial charge in [0.05, 0.1) is 10.7 Å². The number of aromatic nitrogens is 4. The van der Waals surface area contributed by atoms with Crippen LogP contribution < -0.4 is 10.6 Å². The predicted octanol–water partition coefficient (Wildman–Crippen LogP) is 1.94. The van der Waals surface area contributed by atoms with Gasteiger partial charge in [-0.25, -0.2) is 4.98 Å². The molecule has 0 aliphatic carbocycles. The molecule has 1 aliphatic rings. The molecule has 0 saturated carbocycles. The molecule has 0 aromatic carbocycles. The van der Waals surface area contributed by atoms with Crippen molar-refractivity contribution < 1.29 is 0 Å². The molecule has 1 aliphatic heterocycles. The first-order chi connectivity index (χ1) is 11.7. The van der Waals surface area contributed by atoms with Gasteiger partial charge in [-0.05, 0) is 26.2 Å². The zero-order chi connectivity index (χ0) is 16.9. The lowest BCUT2D eigenvalue weighted by atomic mass is 9.99. The van der Waals surface area contributed by atoms with E-state index in [0.717, 1.165) is 67.2 Å². The molecule has 7 nitrogen and oxygen atoms in total. The van der Waals surface area contributed by atoms with Gasteiger partial charge in [-0.2, -0.15) is 0 Å². The standard InChI is InChI=1S/C16H25N7S.HI/c1-11-21-22-15-5-4-13(9-23(11)15)8-19-16(17-3)18-7-6-14-10-24-12(2)20-14;/h10,13H,4-9H2,1-3H3,(H2,17,18,19);1H. The van der Waals surface area contributed by atoms with Crippen LogP contribution in [0.4, 0.5) is 0 Å². The van der Waals surface area contributed by atoms with Crippen molar-refractivity contribution in [3.8, 4) is 0 Å². The Bertz CT molecular complexity index is 709. The quantitative estimate of drug-likeness (QED) is 0.393. The fraction of sp³-hybridized carbons (Fsp3) is 0.625. The van der Waals surface area contributed by atoms with E-state index >= 15 is 0 Å². The van der Waals surface area contributed by atoms with E-state index < -0.39 is 0 Å². The van der Waals surface area contributed by atoms with E-state index in [1.807, 2.05) is 20.9 Å². The van der Waals surface area contributed by atoms with E-state index in [9.17, 15) is 0 Å². The maximum atomic E-state index is 4.48. The Morgan fingerprint density at radius 2 is 2.20 bits per heavy atom. The molecule has 1 atom stereocenters. The first kappa shape index (κ1) is 20.1. The highest BCUT2D eigenvalue weighted by Crippen LogP contribution is 2.19. The van der Waals surface area contributed by atoms with Gasteiger partial charge in [-0.1, -0.05) is 0 Å². The lowest BCUT2D eigenvalue weighted by Crippen LogP contribution is -2.42. The average Bonchev–Trinajstić information content (AvgIpc) is 3.17. The number of rotatable bonds is 5. The lowest BCUT2D eigenvalue weighted by Gasteiger charge is -2.25. The highest BCUT2D eigenvalue weighted by molar-refractivity contribution is 14.0. The number of aliphatic imine (C=N–C) groups is 1. The van der Waals surface area contributed by atoms with Crippen molar-refractivity contribution in [3.63, 3.8) is 0 Å². The number of nitrogens with zero attached hydrogens (tertiary/aromatic N) is 5. The van der Waals surface area contributed by atoms with Gasteiger partial charge in [0.25, 0.3) is 0 Å². The van der Waals surface area contributed by atoms with Crippen LogP contribution in [0, 0.1) is 19.8 Å². The van der Waals surface area contributed by atoms with Gasteiger partial charge >= 0.3 is 0 Å². The van der Waals surface area contributed by atoms with Crippen LogP contribution in [-0.4, -0.2) is 45.8 Å². The molecule has 3 heterocycles. The fourth-order valence-corrected chi connectivity index (χ4v) is 3.64. The van der Waals surface area contributed by atoms with Crippen molar-refractivity contribution in [2.24, 2.45) is 10.9 Å². The monoisotopic (exact) mass is 475 g/mol. The Morgan fingerprint density at radius 1 is 1.36 bits per heavy atom. The minimum atomic E-state index is 0. The second-order valence-electron chi connectivity index (χ2n) is 6.17. The van der Waals surface area contributed by atoms with Crippen molar-refractivity contribution >= 4 is 41.3 Å². The van der Waals surface area contributed by atoms with Crippen molar-refractivity contribution in [1.29, 1.82) is 0 Å². The van der Waals surface area contributed by atoms with Crippen LogP contribution >= 0.6 is 35.3 Å². The first-order valence-electron chi connectivity index (χ1n) is 8.40. The molecule has 0 amide bonds. The normalized spacial score (nSPS) is 16.9. The minimum absolute atomic E-state index is 0. The molecule has 0 fully saturated rings.